The van der Waals surface area contributed by atoms with Crippen LogP contribution in [0.4, 0.5) is 11.4 Å². The van der Waals surface area contributed by atoms with Crippen LogP contribution in [0.3, 0.4) is 0 Å². The Labute approximate surface area is 197 Å². The maximum atomic E-state index is 13.1. The number of sulfonamides is 1. The number of anilines is 2. The second-order valence-corrected chi connectivity index (χ2v) is 10.2. The van der Waals surface area contributed by atoms with Crippen LogP contribution < -0.4 is 19.7 Å². The van der Waals surface area contributed by atoms with Crippen LogP contribution in [0.2, 0.25) is 0 Å². The number of aryl methyl sites for hydroxylation is 1. The number of nitrogens with zero attached hydrogens (tertiary/aromatic N) is 2. The van der Waals surface area contributed by atoms with Crippen LogP contribution in [-0.2, 0) is 30.8 Å². The van der Waals surface area contributed by atoms with Gasteiger partial charge in [-0.15, -0.1) is 0 Å². The van der Waals surface area contributed by atoms with Gasteiger partial charge in [0.15, 0.2) is 11.5 Å². The second-order valence-electron chi connectivity index (χ2n) is 8.26. The van der Waals surface area contributed by atoms with Gasteiger partial charge in [0.05, 0.1) is 18.1 Å². The Morgan fingerprint density at radius 2 is 1.79 bits per heavy atom. The molecule has 11 heteroatoms. The van der Waals surface area contributed by atoms with Crippen molar-refractivity contribution in [2.45, 2.75) is 24.2 Å². The molecule has 1 saturated heterocycles. The van der Waals surface area contributed by atoms with Gasteiger partial charge in [-0.05, 0) is 48.7 Å². The number of carbonyl (C=O) groups excluding carboxylic acids is 2. The fourth-order valence-corrected chi connectivity index (χ4v) is 5.77. The normalized spacial score (nSPS) is 18.4. The molecule has 3 aliphatic heterocycles. The Bertz CT molecular complexity index is 1230. The van der Waals surface area contributed by atoms with E-state index in [1.165, 1.54) is 15.3 Å². The van der Waals surface area contributed by atoms with Crippen molar-refractivity contribution in [3.05, 3.63) is 42.0 Å². The second kappa shape index (κ2) is 9.24. The summed E-state index contributed by atoms with van der Waals surface area (Å²) in [6, 6.07) is 9.83. The maximum absolute atomic E-state index is 13.1. The van der Waals surface area contributed by atoms with E-state index in [2.05, 4.69) is 5.32 Å². The van der Waals surface area contributed by atoms with Gasteiger partial charge in [-0.25, -0.2) is 8.42 Å². The average molecular weight is 488 g/mol. The molecule has 1 fully saturated rings. The highest BCUT2D eigenvalue weighted by atomic mass is 32.2. The molecule has 0 atom stereocenters. The van der Waals surface area contributed by atoms with Crippen molar-refractivity contribution in [2.24, 2.45) is 0 Å². The molecule has 0 spiro atoms. The van der Waals surface area contributed by atoms with E-state index in [0.717, 1.165) is 5.56 Å². The molecule has 34 heavy (non-hydrogen) atoms. The van der Waals surface area contributed by atoms with Crippen molar-refractivity contribution in [3.8, 4) is 11.5 Å². The van der Waals surface area contributed by atoms with Gasteiger partial charge in [0.2, 0.25) is 28.6 Å². The molecule has 0 aromatic heterocycles. The van der Waals surface area contributed by atoms with E-state index in [0.29, 0.717) is 62.0 Å². The fraction of sp³-hybridized carbons (Fsp3) is 0.391. The number of carbonyl (C=O) groups is 2. The Morgan fingerprint density at radius 3 is 2.62 bits per heavy atom. The zero-order valence-electron chi connectivity index (χ0n) is 18.5. The summed E-state index contributed by atoms with van der Waals surface area (Å²) in [4.78, 5) is 27.2. The van der Waals surface area contributed by atoms with Crippen molar-refractivity contribution in [1.82, 2.24) is 4.31 Å². The van der Waals surface area contributed by atoms with E-state index in [9.17, 15) is 18.0 Å². The summed E-state index contributed by atoms with van der Waals surface area (Å²) in [5, 5.41) is 2.79. The van der Waals surface area contributed by atoms with Crippen LogP contribution in [0.5, 0.6) is 11.5 Å². The predicted octanol–water partition coefficient (Wildman–Crippen LogP) is 1.74. The van der Waals surface area contributed by atoms with Crippen molar-refractivity contribution >= 4 is 33.2 Å². The van der Waals surface area contributed by atoms with Gasteiger partial charge in [0.1, 0.15) is 6.54 Å². The molecule has 2 amide bonds. The van der Waals surface area contributed by atoms with E-state index >= 15 is 0 Å². The molecule has 3 aliphatic rings. The molecule has 0 radical (unpaired) electrons. The third-order valence-electron chi connectivity index (χ3n) is 6.05. The van der Waals surface area contributed by atoms with Gasteiger partial charge in [-0.3, -0.25) is 9.59 Å². The largest absolute Gasteiger partial charge is 0.454 e. The van der Waals surface area contributed by atoms with Crippen molar-refractivity contribution < 1.29 is 32.2 Å². The lowest BCUT2D eigenvalue weighted by atomic mass is 10.1. The zero-order chi connectivity index (χ0) is 23.7. The third kappa shape index (κ3) is 4.46. The minimum Gasteiger partial charge on any atom is -0.454 e. The average Bonchev–Trinajstić information content (AvgIpc) is 3.25. The molecule has 0 unspecified atom stereocenters. The lowest BCUT2D eigenvalue weighted by molar-refractivity contribution is -0.121. The topological polar surface area (TPSA) is 114 Å². The number of nitrogens with one attached hydrogen (secondary N) is 1. The Balaban J connectivity index is 1.36. The number of amides is 2. The standard InChI is InChI=1S/C23H25N3O7S/c27-22(24-17-4-7-20-21(13-17)33-15-32-20)14-26-19-6-5-18(12-16(19)2-1-3-23(26)28)34(29,30)25-8-10-31-11-9-25/h4-7,12-13H,1-3,8-11,14-15H2,(H,24,27). The summed E-state index contributed by atoms with van der Waals surface area (Å²) in [6.07, 6.45) is 1.40. The lowest BCUT2D eigenvalue weighted by Crippen LogP contribution is -2.40. The fourth-order valence-electron chi connectivity index (χ4n) is 4.31. The van der Waals surface area contributed by atoms with E-state index in [-0.39, 0.29) is 36.5 Å². The zero-order valence-corrected chi connectivity index (χ0v) is 19.3. The van der Waals surface area contributed by atoms with Crippen LogP contribution in [-0.4, -0.2) is 64.2 Å². The molecule has 3 heterocycles. The molecule has 1 N–H and O–H groups in total. The first-order valence-electron chi connectivity index (χ1n) is 11.1. The molecule has 180 valence electrons. The maximum Gasteiger partial charge on any atom is 0.244 e. The number of rotatable bonds is 5. The molecule has 2 aromatic carbocycles. The first kappa shape index (κ1) is 22.6. The van der Waals surface area contributed by atoms with Gasteiger partial charge >= 0.3 is 0 Å². The van der Waals surface area contributed by atoms with Crippen LogP contribution in [0, 0.1) is 0 Å². The highest BCUT2D eigenvalue weighted by Crippen LogP contribution is 2.34. The van der Waals surface area contributed by atoms with E-state index in [4.69, 9.17) is 14.2 Å². The minimum atomic E-state index is -3.66. The quantitative estimate of drug-likeness (QED) is 0.683. The molecule has 5 rings (SSSR count). The molecule has 0 bridgehead atoms. The molecule has 0 aliphatic carbocycles. The first-order chi connectivity index (χ1) is 16.4. The highest BCUT2D eigenvalue weighted by Gasteiger charge is 2.30. The molecule has 2 aromatic rings. The lowest BCUT2D eigenvalue weighted by Gasteiger charge is -2.27. The number of fused-ring (bicyclic) bond motifs is 2. The Morgan fingerprint density at radius 1 is 1.00 bits per heavy atom. The summed E-state index contributed by atoms with van der Waals surface area (Å²) in [5.41, 5.74) is 1.82. The number of morpholine rings is 1. The summed E-state index contributed by atoms with van der Waals surface area (Å²) >= 11 is 0. The van der Waals surface area contributed by atoms with E-state index in [1.54, 1.807) is 30.3 Å². The van der Waals surface area contributed by atoms with Crippen LogP contribution >= 0.6 is 0 Å². The summed E-state index contributed by atoms with van der Waals surface area (Å²) in [5.74, 6) is 0.605. The molecule has 10 nitrogen and oxygen atoms in total. The number of benzene rings is 2. The highest BCUT2D eigenvalue weighted by molar-refractivity contribution is 7.89. The first-order valence-corrected chi connectivity index (χ1v) is 12.6. The van der Waals surface area contributed by atoms with Gasteiger partial charge in [0.25, 0.3) is 0 Å². The minimum absolute atomic E-state index is 0.134. The van der Waals surface area contributed by atoms with Crippen molar-refractivity contribution in [3.63, 3.8) is 0 Å². The molecular formula is C23H25N3O7S. The molecule has 0 saturated carbocycles. The Hall–Kier alpha value is -3.15. The number of hydrogen-bond donors (Lipinski definition) is 1. The predicted molar refractivity (Wildman–Crippen MR) is 123 cm³/mol. The molecular weight excluding hydrogens is 462 g/mol. The Kier molecular flexibility index (Phi) is 6.15. The van der Waals surface area contributed by atoms with Gasteiger partial charge in [-0.2, -0.15) is 4.31 Å². The summed E-state index contributed by atoms with van der Waals surface area (Å²) < 4.78 is 43.4. The summed E-state index contributed by atoms with van der Waals surface area (Å²) in [6.45, 7) is 1.30. The van der Waals surface area contributed by atoms with Crippen LogP contribution in [0.1, 0.15) is 18.4 Å². The van der Waals surface area contributed by atoms with Crippen molar-refractivity contribution in [2.75, 3.05) is 49.9 Å². The van der Waals surface area contributed by atoms with Gasteiger partial charge in [-0.1, -0.05) is 0 Å². The third-order valence-corrected chi connectivity index (χ3v) is 7.94. The van der Waals surface area contributed by atoms with Crippen molar-refractivity contribution in [1.29, 1.82) is 0 Å². The van der Waals surface area contributed by atoms with Gasteiger partial charge in [0, 0.05) is 37.0 Å². The number of hydrogen-bond acceptors (Lipinski definition) is 7. The van der Waals surface area contributed by atoms with E-state index < -0.39 is 10.0 Å². The summed E-state index contributed by atoms with van der Waals surface area (Å²) in [7, 11) is -3.66. The van der Waals surface area contributed by atoms with Crippen LogP contribution in [0.25, 0.3) is 0 Å². The SMILES string of the molecule is O=C(CN1C(=O)CCCc2cc(S(=O)(=O)N3CCOCC3)ccc21)Nc1ccc2c(c1)OCO2. The monoisotopic (exact) mass is 487 g/mol. The van der Waals surface area contributed by atoms with Gasteiger partial charge < -0.3 is 24.4 Å². The smallest absolute Gasteiger partial charge is 0.244 e. The number of ether oxygens (including phenoxy) is 3. The van der Waals surface area contributed by atoms with Crippen LogP contribution in [0.15, 0.2) is 41.3 Å². The van der Waals surface area contributed by atoms with E-state index in [1.807, 2.05) is 0 Å².